The van der Waals surface area contributed by atoms with Crippen LogP contribution in [0.15, 0.2) is 0 Å². The molecule has 5 N–H and O–H groups in total. The zero-order valence-electron chi connectivity index (χ0n) is 5.73. The van der Waals surface area contributed by atoms with Crippen LogP contribution in [0.3, 0.4) is 0 Å². The number of carboxylic acids is 1. The van der Waals surface area contributed by atoms with Crippen LogP contribution in [-0.2, 0) is 9.59 Å². The molecule has 2 atom stereocenters. The van der Waals surface area contributed by atoms with Crippen molar-refractivity contribution in [3.05, 3.63) is 0 Å². The van der Waals surface area contributed by atoms with Gasteiger partial charge >= 0.3 is 5.97 Å². The highest BCUT2D eigenvalue weighted by Gasteiger charge is 2.19. The second-order valence-electron chi connectivity index (χ2n) is 2.10. The first-order valence-corrected chi connectivity index (χ1v) is 3.42. The second-order valence-corrected chi connectivity index (χ2v) is 2.72. The molecule has 0 saturated heterocycles. The smallest absolute Gasteiger partial charge is 0.320 e. The van der Waals surface area contributed by atoms with Crippen LogP contribution in [0, 0.1) is 0 Å². The van der Waals surface area contributed by atoms with Gasteiger partial charge in [0.1, 0.15) is 6.04 Å². The van der Waals surface area contributed by atoms with E-state index in [1.807, 2.05) is 0 Å². The summed E-state index contributed by atoms with van der Waals surface area (Å²) in [6.45, 7) is 0. The molecule has 0 aromatic heterocycles. The molecule has 0 bridgehead atoms. The number of rotatable bonds is 4. The van der Waals surface area contributed by atoms with Gasteiger partial charge in [-0.15, -0.1) is 0 Å². The van der Waals surface area contributed by atoms with Crippen LogP contribution in [0.5, 0.6) is 0 Å². The molecule has 0 spiro atoms. The van der Waals surface area contributed by atoms with Gasteiger partial charge in [-0.2, -0.15) is 12.6 Å². The van der Waals surface area contributed by atoms with Gasteiger partial charge < -0.3 is 16.6 Å². The van der Waals surface area contributed by atoms with Crippen LogP contribution in [-0.4, -0.2) is 28.3 Å². The first-order valence-electron chi connectivity index (χ1n) is 2.91. The van der Waals surface area contributed by atoms with Crippen LogP contribution in [0.4, 0.5) is 0 Å². The van der Waals surface area contributed by atoms with Crippen LogP contribution >= 0.6 is 12.6 Å². The number of aliphatic carboxylic acids is 1. The normalized spacial score (nSPS) is 15.5. The van der Waals surface area contributed by atoms with Crippen molar-refractivity contribution < 1.29 is 14.7 Å². The molecule has 0 aliphatic heterocycles. The van der Waals surface area contributed by atoms with E-state index in [2.05, 4.69) is 12.6 Å². The van der Waals surface area contributed by atoms with Crippen molar-refractivity contribution in [2.45, 2.75) is 17.7 Å². The summed E-state index contributed by atoms with van der Waals surface area (Å²) in [4.78, 5) is 20.5. The number of nitrogens with two attached hydrogens (primary N) is 2. The van der Waals surface area contributed by atoms with Gasteiger partial charge in [0, 0.05) is 0 Å². The minimum atomic E-state index is -1.16. The molecule has 0 radical (unpaired) electrons. The number of carbonyl (C=O) groups is 2. The van der Waals surface area contributed by atoms with Crippen molar-refractivity contribution in [2.75, 3.05) is 0 Å². The Balaban J connectivity index is 3.84. The first kappa shape index (κ1) is 10.2. The van der Waals surface area contributed by atoms with Gasteiger partial charge in [0.2, 0.25) is 5.91 Å². The van der Waals surface area contributed by atoms with E-state index in [4.69, 9.17) is 16.6 Å². The summed E-state index contributed by atoms with van der Waals surface area (Å²) in [5.41, 5.74) is 9.92. The third-order valence-electron chi connectivity index (χ3n) is 1.12. The van der Waals surface area contributed by atoms with E-state index in [0.717, 1.165) is 0 Å². The lowest BCUT2D eigenvalue weighted by atomic mass is 10.1. The van der Waals surface area contributed by atoms with Crippen LogP contribution < -0.4 is 11.5 Å². The SMILES string of the molecule is NC(=O)C(S)C[C@H](N)C(=O)O. The molecule has 11 heavy (non-hydrogen) atoms. The second kappa shape index (κ2) is 4.20. The zero-order chi connectivity index (χ0) is 9.02. The van der Waals surface area contributed by atoms with Crippen LogP contribution in [0.2, 0.25) is 0 Å². The molecule has 0 aliphatic rings. The maximum absolute atomic E-state index is 10.4. The standard InChI is InChI=1S/C5H10N2O3S/c6-2(5(9)10)1-3(11)4(7)8/h2-3,11H,1,6H2,(H2,7,8)(H,9,10)/t2-,3?/m0/s1. The third kappa shape index (κ3) is 3.84. The molecule has 5 nitrogen and oxygen atoms in total. The van der Waals surface area contributed by atoms with Crippen LogP contribution in [0.25, 0.3) is 0 Å². The molecule has 64 valence electrons. The van der Waals surface area contributed by atoms with Crippen molar-refractivity contribution in [3.63, 3.8) is 0 Å². The minimum absolute atomic E-state index is 0.0478. The average molecular weight is 178 g/mol. The van der Waals surface area contributed by atoms with E-state index in [1.54, 1.807) is 0 Å². The summed E-state index contributed by atoms with van der Waals surface area (Å²) in [5, 5.41) is 7.51. The van der Waals surface area contributed by atoms with E-state index in [0.29, 0.717) is 0 Å². The van der Waals surface area contributed by atoms with E-state index < -0.39 is 23.2 Å². The number of hydrogen-bond acceptors (Lipinski definition) is 4. The van der Waals surface area contributed by atoms with Gasteiger partial charge in [0.05, 0.1) is 5.25 Å². The fourth-order valence-corrected chi connectivity index (χ4v) is 0.685. The van der Waals surface area contributed by atoms with E-state index in [-0.39, 0.29) is 6.42 Å². The molecule has 1 unspecified atom stereocenters. The summed E-state index contributed by atoms with van der Waals surface area (Å²) < 4.78 is 0. The Morgan fingerprint density at radius 2 is 2.00 bits per heavy atom. The van der Waals surface area contributed by atoms with Gasteiger partial charge in [0.15, 0.2) is 0 Å². The van der Waals surface area contributed by atoms with Gasteiger partial charge in [-0.3, -0.25) is 9.59 Å². The first-order chi connectivity index (χ1) is 4.95. The highest BCUT2D eigenvalue weighted by molar-refractivity contribution is 7.81. The number of thiol groups is 1. The summed E-state index contributed by atoms with van der Waals surface area (Å²) in [6.07, 6.45) is -0.0478. The molecular formula is C5H10N2O3S. The molecule has 0 aromatic carbocycles. The zero-order valence-corrected chi connectivity index (χ0v) is 6.62. The van der Waals surface area contributed by atoms with Crippen molar-refractivity contribution in [2.24, 2.45) is 11.5 Å². The number of carboxylic acid groups (broad SMARTS) is 1. The van der Waals surface area contributed by atoms with E-state index in [1.165, 1.54) is 0 Å². The maximum Gasteiger partial charge on any atom is 0.320 e. The molecule has 0 fully saturated rings. The van der Waals surface area contributed by atoms with Gasteiger partial charge in [-0.05, 0) is 6.42 Å². The topological polar surface area (TPSA) is 106 Å². The largest absolute Gasteiger partial charge is 0.480 e. The highest BCUT2D eigenvalue weighted by atomic mass is 32.1. The summed E-state index contributed by atoms with van der Waals surface area (Å²) >= 11 is 3.74. The summed E-state index contributed by atoms with van der Waals surface area (Å²) in [5.74, 6) is -1.82. The lowest BCUT2D eigenvalue weighted by molar-refractivity contribution is -0.138. The maximum atomic E-state index is 10.4. The van der Waals surface area contributed by atoms with Crippen LogP contribution in [0.1, 0.15) is 6.42 Å². The Hall–Kier alpha value is -0.750. The monoisotopic (exact) mass is 178 g/mol. The quantitative estimate of drug-likeness (QED) is 0.396. The lowest BCUT2D eigenvalue weighted by Crippen LogP contribution is -2.36. The Bertz CT molecular complexity index is 155. The fourth-order valence-electron chi connectivity index (χ4n) is 0.458. The molecule has 0 rings (SSSR count). The predicted molar refractivity (Wildman–Crippen MR) is 42.2 cm³/mol. The molecule has 1 amide bonds. The Morgan fingerprint density at radius 1 is 1.55 bits per heavy atom. The summed E-state index contributed by atoms with van der Waals surface area (Å²) in [7, 11) is 0. The number of amides is 1. The van der Waals surface area contributed by atoms with Crippen molar-refractivity contribution >= 4 is 24.5 Å². The highest BCUT2D eigenvalue weighted by Crippen LogP contribution is 2.02. The molecule has 0 heterocycles. The predicted octanol–water partition coefficient (Wildman–Crippen LogP) is -1.43. The number of hydrogen-bond donors (Lipinski definition) is 4. The van der Waals surface area contributed by atoms with E-state index >= 15 is 0 Å². The molecule has 6 heteroatoms. The van der Waals surface area contributed by atoms with Gasteiger partial charge in [-0.1, -0.05) is 0 Å². The molecule has 0 saturated carbocycles. The third-order valence-corrected chi connectivity index (χ3v) is 1.59. The Kier molecular flexibility index (Phi) is 3.91. The number of carbonyl (C=O) groups excluding carboxylic acids is 1. The molecule has 0 aromatic rings. The minimum Gasteiger partial charge on any atom is -0.480 e. The Labute approximate surface area is 69.2 Å². The Morgan fingerprint density at radius 3 is 2.27 bits per heavy atom. The van der Waals surface area contributed by atoms with Crippen molar-refractivity contribution in [1.82, 2.24) is 0 Å². The van der Waals surface area contributed by atoms with Gasteiger partial charge in [-0.25, -0.2) is 0 Å². The molecule has 0 aliphatic carbocycles. The number of primary amides is 1. The summed E-state index contributed by atoms with van der Waals surface area (Å²) in [6, 6.07) is -1.08. The van der Waals surface area contributed by atoms with E-state index in [9.17, 15) is 9.59 Å². The van der Waals surface area contributed by atoms with Gasteiger partial charge in [0.25, 0.3) is 0 Å². The fraction of sp³-hybridized carbons (Fsp3) is 0.600. The van der Waals surface area contributed by atoms with Crippen molar-refractivity contribution in [1.29, 1.82) is 0 Å². The molecular weight excluding hydrogens is 168 g/mol. The average Bonchev–Trinajstić information content (AvgIpc) is 1.87. The van der Waals surface area contributed by atoms with Crippen molar-refractivity contribution in [3.8, 4) is 0 Å². The lowest BCUT2D eigenvalue weighted by Gasteiger charge is -2.08.